The van der Waals surface area contributed by atoms with Crippen LogP contribution in [0.3, 0.4) is 0 Å². The Kier molecular flexibility index (Phi) is 6.26. The largest absolute Gasteiger partial charge is 0.322 e. The Labute approximate surface area is 180 Å². The lowest BCUT2D eigenvalue weighted by Gasteiger charge is -2.20. The second-order valence-electron chi connectivity index (χ2n) is 7.71. The van der Waals surface area contributed by atoms with Crippen LogP contribution in [-0.2, 0) is 4.79 Å². The highest BCUT2D eigenvalue weighted by atomic mass is 32.1. The number of benzene rings is 2. The molecule has 6 heteroatoms. The number of amides is 2. The van der Waals surface area contributed by atoms with Crippen molar-refractivity contribution in [3.05, 3.63) is 82.0 Å². The van der Waals surface area contributed by atoms with Gasteiger partial charge in [-0.2, -0.15) is 0 Å². The number of likely N-dealkylation sites (tertiary alicyclic amines) is 1. The molecule has 30 heavy (non-hydrogen) atoms. The van der Waals surface area contributed by atoms with E-state index in [-0.39, 0.29) is 11.8 Å². The first kappa shape index (κ1) is 20.3. The lowest BCUT2D eigenvalue weighted by atomic mass is 10.1. The molecule has 4 rings (SSSR count). The summed E-state index contributed by atoms with van der Waals surface area (Å²) < 4.78 is 0. The van der Waals surface area contributed by atoms with E-state index in [1.165, 1.54) is 9.78 Å². The van der Waals surface area contributed by atoms with Gasteiger partial charge in [0.1, 0.15) is 6.04 Å². The van der Waals surface area contributed by atoms with Gasteiger partial charge in [-0.15, -0.1) is 11.3 Å². The molecule has 0 spiro atoms. The lowest BCUT2D eigenvalue weighted by molar-refractivity contribution is -0.910. The van der Waals surface area contributed by atoms with Gasteiger partial charge in [-0.25, -0.2) is 0 Å². The average molecular weight is 421 g/mol. The first-order chi connectivity index (χ1) is 14.6. The molecule has 1 aliphatic rings. The van der Waals surface area contributed by atoms with Crippen LogP contribution in [0.1, 0.15) is 39.7 Å². The number of para-hydroxylation sites is 1. The highest BCUT2D eigenvalue weighted by Gasteiger charge is 2.32. The summed E-state index contributed by atoms with van der Waals surface area (Å²) in [6, 6.07) is 19.4. The Morgan fingerprint density at radius 2 is 1.93 bits per heavy atom. The van der Waals surface area contributed by atoms with Crippen molar-refractivity contribution in [3.8, 4) is 0 Å². The zero-order valence-corrected chi connectivity index (χ0v) is 17.8. The van der Waals surface area contributed by atoms with Crippen molar-refractivity contribution in [2.45, 2.75) is 25.8 Å². The maximum Gasteiger partial charge on any atom is 0.279 e. The maximum atomic E-state index is 12.8. The summed E-state index contributed by atoms with van der Waals surface area (Å²) >= 11 is 1.76. The van der Waals surface area contributed by atoms with Crippen LogP contribution in [0.25, 0.3) is 0 Å². The Balaban J connectivity index is 1.43. The molecule has 1 fully saturated rings. The van der Waals surface area contributed by atoms with Crippen molar-refractivity contribution < 1.29 is 14.5 Å². The fourth-order valence-corrected chi connectivity index (χ4v) is 4.99. The molecule has 0 saturated carbocycles. The van der Waals surface area contributed by atoms with E-state index < -0.39 is 0 Å². The van der Waals surface area contributed by atoms with Gasteiger partial charge in [0.2, 0.25) is 0 Å². The third-order valence-corrected chi connectivity index (χ3v) is 6.47. The Morgan fingerprint density at radius 1 is 1.07 bits per heavy atom. The summed E-state index contributed by atoms with van der Waals surface area (Å²) in [5.41, 5.74) is 2.81. The number of thiophene rings is 1. The number of aryl methyl sites for hydroxylation is 1. The van der Waals surface area contributed by atoms with Crippen LogP contribution in [0, 0.1) is 6.92 Å². The van der Waals surface area contributed by atoms with Gasteiger partial charge in [0.15, 0.2) is 6.54 Å². The molecule has 1 aromatic heterocycles. The molecule has 1 saturated heterocycles. The van der Waals surface area contributed by atoms with Gasteiger partial charge in [0.25, 0.3) is 11.8 Å². The van der Waals surface area contributed by atoms with Gasteiger partial charge >= 0.3 is 0 Å². The molecule has 1 aliphatic heterocycles. The molecule has 3 N–H and O–H groups in total. The normalized spacial score (nSPS) is 18.2. The van der Waals surface area contributed by atoms with Crippen LogP contribution in [0.2, 0.25) is 0 Å². The van der Waals surface area contributed by atoms with E-state index in [9.17, 15) is 9.59 Å². The molecule has 2 aromatic carbocycles. The molecule has 0 aliphatic carbocycles. The van der Waals surface area contributed by atoms with Crippen molar-refractivity contribution in [1.82, 2.24) is 0 Å². The van der Waals surface area contributed by atoms with Crippen molar-refractivity contribution >= 4 is 34.5 Å². The van der Waals surface area contributed by atoms with Crippen LogP contribution >= 0.6 is 11.3 Å². The summed E-state index contributed by atoms with van der Waals surface area (Å²) in [7, 11) is 0. The standard InChI is InChI=1S/C24H25N3O2S/c1-17-7-4-8-18(15-17)25-24(29)19-9-2-3-10-20(19)26-23(28)16-27-13-5-11-21(27)22-12-6-14-30-22/h2-4,6-10,12,14-15,21H,5,11,13,16H2,1H3,(H,25,29)(H,26,28)/p+1/t21-/m1/s1. The number of anilines is 2. The van der Waals surface area contributed by atoms with Gasteiger partial charge in [-0.05, 0) is 48.2 Å². The van der Waals surface area contributed by atoms with Crippen LogP contribution in [0.15, 0.2) is 66.0 Å². The lowest BCUT2D eigenvalue weighted by Crippen LogP contribution is -3.11. The van der Waals surface area contributed by atoms with E-state index in [1.807, 2.05) is 37.3 Å². The molecule has 154 valence electrons. The summed E-state index contributed by atoms with van der Waals surface area (Å²) in [5.74, 6) is -0.300. The number of hydrogen-bond acceptors (Lipinski definition) is 3. The Morgan fingerprint density at radius 3 is 2.73 bits per heavy atom. The third kappa shape index (κ3) is 4.78. The smallest absolute Gasteiger partial charge is 0.279 e. The fraction of sp³-hybridized carbons (Fsp3) is 0.250. The third-order valence-electron chi connectivity index (χ3n) is 5.48. The summed E-state index contributed by atoms with van der Waals surface area (Å²) in [5, 5.41) is 7.97. The Hall–Kier alpha value is -2.96. The predicted molar refractivity (Wildman–Crippen MR) is 121 cm³/mol. The van der Waals surface area contributed by atoms with E-state index in [2.05, 4.69) is 28.1 Å². The second-order valence-corrected chi connectivity index (χ2v) is 8.69. The molecular formula is C24H26N3O2S+. The minimum absolute atomic E-state index is 0.0655. The van der Waals surface area contributed by atoms with Crippen LogP contribution < -0.4 is 15.5 Å². The summed E-state index contributed by atoms with van der Waals surface area (Å²) in [6.45, 7) is 3.37. The molecule has 0 bridgehead atoms. The number of hydrogen-bond donors (Lipinski definition) is 3. The van der Waals surface area contributed by atoms with Crippen LogP contribution in [0.4, 0.5) is 11.4 Å². The van der Waals surface area contributed by atoms with Crippen molar-refractivity contribution in [1.29, 1.82) is 0 Å². The van der Waals surface area contributed by atoms with Crippen LogP contribution in [-0.4, -0.2) is 24.9 Å². The van der Waals surface area contributed by atoms with E-state index >= 15 is 0 Å². The van der Waals surface area contributed by atoms with E-state index in [4.69, 9.17) is 0 Å². The van der Waals surface area contributed by atoms with Gasteiger partial charge in [-0.1, -0.05) is 30.3 Å². The van der Waals surface area contributed by atoms with Crippen LogP contribution in [0.5, 0.6) is 0 Å². The van der Waals surface area contributed by atoms with Gasteiger partial charge in [0, 0.05) is 18.5 Å². The minimum atomic E-state index is -0.235. The zero-order chi connectivity index (χ0) is 20.9. The average Bonchev–Trinajstić information content (AvgIpc) is 3.40. The first-order valence-corrected chi connectivity index (χ1v) is 11.1. The highest BCUT2D eigenvalue weighted by Crippen LogP contribution is 2.23. The molecule has 2 amide bonds. The topological polar surface area (TPSA) is 62.6 Å². The number of nitrogens with one attached hydrogen (secondary N) is 3. The second kappa shape index (κ2) is 9.24. The summed E-state index contributed by atoms with van der Waals surface area (Å²) in [4.78, 5) is 28.2. The van der Waals surface area contributed by atoms with Gasteiger partial charge in [-0.3, -0.25) is 9.59 Å². The number of carbonyl (C=O) groups is 2. The van der Waals surface area contributed by atoms with Crippen molar-refractivity contribution in [2.75, 3.05) is 23.7 Å². The molecule has 2 atom stereocenters. The Bertz CT molecular complexity index is 1030. The number of rotatable bonds is 6. The fourth-order valence-electron chi connectivity index (χ4n) is 4.07. The minimum Gasteiger partial charge on any atom is -0.322 e. The SMILES string of the molecule is Cc1cccc(NC(=O)c2ccccc2NC(=O)C[NH+]2CCC[C@@H]2c2cccs2)c1. The quantitative estimate of drug-likeness (QED) is 0.570. The highest BCUT2D eigenvalue weighted by molar-refractivity contribution is 7.10. The molecule has 2 heterocycles. The number of carbonyl (C=O) groups excluding carboxylic acids is 2. The number of quaternary nitrogens is 1. The molecule has 1 unspecified atom stereocenters. The zero-order valence-electron chi connectivity index (χ0n) is 17.0. The summed E-state index contributed by atoms with van der Waals surface area (Å²) in [6.07, 6.45) is 2.24. The van der Waals surface area contributed by atoms with E-state index in [1.54, 1.807) is 29.5 Å². The first-order valence-electron chi connectivity index (χ1n) is 10.2. The molecular weight excluding hydrogens is 394 g/mol. The molecule has 3 aromatic rings. The van der Waals surface area contributed by atoms with Gasteiger partial charge < -0.3 is 15.5 Å². The molecule has 0 radical (unpaired) electrons. The van der Waals surface area contributed by atoms with E-state index in [0.29, 0.717) is 23.8 Å². The molecule has 5 nitrogen and oxygen atoms in total. The van der Waals surface area contributed by atoms with E-state index in [0.717, 1.165) is 30.6 Å². The van der Waals surface area contributed by atoms with Crippen molar-refractivity contribution in [2.24, 2.45) is 0 Å². The monoisotopic (exact) mass is 420 g/mol. The maximum absolute atomic E-state index is 12.8. The van der Waals surface area contributed by atoms with Gasteiger partial charge in [0.05, 0.1) is 22.7 Å². The van der Waals surface area contributed by atoms with Crippen molar-refractivity contribution in [3.63, 3.8) is 0 Å². The predicted octanol–water partition coefficient (Wildman–Crippen LogP) is 3.67.